The van der Waals surface area contributed by atoms with E-state index < -0.39 is 16.8 Å². The van der Waals surface area contributed by atoms with Gasteiger partial charge in [-0.15, -0.1) is 0 Å². The normalized spacial score (nSPS) is 23.1. The Balaban J connectivity index is 2.28. The molecule has 0 bridgehead atoms. The molecule has 1 unspecified atom stereocenters. The summed E-state index contributed by atoms with van der Waals surface area (Å²) in [5.41, 5.74) is 0.217. The zero-order chi connectivity index (χ0) is 10.3. The van der Waals surface area contributed by atoms with E-state index in [1.807, 2.05) is 0 Å². The maximum absolute atomic E-state index is 12.6. The Morgan fingerprint density at radius 3 is 2.64 bits per heavy atom. The lowest BCUT2D eigenvalue weighted by atomic mass is 10.1. The third-order valence-corrected chi connectivity index (χ3v) is 2.31. The molecule has 5 heteroatoms. The first kappa shape index (κ1) is 9.05. The molecule has 1 aromatic carbocycles. The summed E-state index contributed by atoms with van der Waals surface area (Å²) in [7, 11) is 0. The van der Waals surface area contributed by atoms with Crippen molar-refractivity contribution in [3.8, 4) is 0 Å². The molecule has 2 rings (SSSR count). The molecular weight excluding hydrogens is 192 g/mol. The topological polar surface area (TPSA) is 43.1 Å². The third kappa shape index (κ3) is 1.45. The number of hydrogen-bond donors (Lipinski definition) is 0. The lowest BCUT2D eigenvalue weighted by molar-refractivity contribution is -0.384. The Morgan fingerprint density at radius 2 is 2.14 bits per heavy atom. The number of nitrogens with zero attached hydrogens (tertiary/aromatic N) is 1. The molecule has 1 aliphatic rings. The summed E-state index contributed by atoms with van der Waals surface area (Å²) in [6, 6.07) is 5.44. The predicted octanol–water partition coefficient (Wildman–Crippen LogP) is 2.72. The van der Waals surface area contributed by atoms with Crippen molar-refractivity contribution in [3.63, 3.8) is 0 Å². The number of nitro benzene ring substituents is 1. The van der Waals surface area contributed by atoms with Gasteiger partial charge in [0.2, 0.25) is 0 Å². The second-order valence-electron chi connectivity index (χ2n) is 3.37. The smallest absolute Gasteiger partial charge is 0.258 e. The highest BCUT2D eigenvalue weighted by atomic mass is 19.3. The van der Waals surface area contributed by atoms with Crippen molar-refractivity contribution >= 4 is 5.69 Å². The van der Waals surface area contributed by atoms with Gasteiger partial charge in [0.25, 0.3) is 11.6 Å². The lowest BCUT2D eigenvalue weighted by Crippen LogP contribution is -1.94. The zero-order valence-corrected chi connectivity index (χ0v) is 7.11. The van der Waals surface area contributed by atoms with Crippen molar-refractivity contribution in [3.05, 3.63) is 39.9 Å². The zero-order valence-electron chi connectivity index (χ0n) is 7.11. The van der Waals surface area contributed by atoms with Crippen LogP contribution in [0.3, 0.4) is 0 Å². The van der Waals surface area contributed by atoms with Gasteiger partial charge in [-0.05, 0) is 5.56 Å². The summed E-state index contributed by atoms with van der Waals surface area (Å²) in [5.74, 6) is -3.50. The molecule has 1 aromatic rings. The number of nitro groups is 1. The average Bonchev–Trinajstić information content (AvgIpc) is 2.75. The Kier molecular flexibility index (Phi) is 1.77. The van der Waals surface area contributed by atoms with Crippen molar-refractivity contribution in [1.29, 1.82) is 0 Å². The summed E-state index contributed by atoms with van der Waals surface area (Å²) in [6.45, 7) is 0. The van der Waals surface area contributed by atoms with Crippen LogP contribution < -0.4 is 0 Å². The first-order chi connectivity index (χ1) is 6.50. The van der Waals surface area contributed by atoms with Gasteiger partial charge in [-0.3, -0.25) is 10.1 Å². The SMILES string of the molecule is O=[N+]([O-])c1cccc(C2CC2(F)F)c1. The number of rotatable bonds is 2. The maximum Gasteiger partial charge on any atom is 0.269 e. The van der Waals surface area contributed by atoms with E-state index in [0.717, 1.165) is 0 Å². The van der Waals surface area contributed by atoms with Gasteiger partial charge >= 0.3 is 0 Å². The van der Waals surface area contributed by atoms with E-state index in [2.05, 4.69) is 0 Å². The molecule has 74 valence electrons. The molecule has 14 heavy (non-hydrogen) atoms. The van der Waals surface area contributed by atoms with Crippen molar-refractivity contribution in [2.45, 2.75) is 18.3 Å². The third-order valence-electron chi connectivity index (χ3n) is 2.31. The van der Waals surface area contributed by atoms with Gasteiger partial charge in [0.15, 0.2) is 0 Å². The summed E-state index contributed by atoms with van der Waals surface area (Å²) in [5, 5.41) is 10.4. The average molecular weight is 199 g/mol. The highest BCUT2D eigenvalue weighted by Crippen LogP contribution is 2.55. The van der Waals surface area contributed by atoms with Gasteiger partial charge in [0, 0.05) is 18.6 Å². The Labute approximate surface area is 78.5 Å². The first-order valence-corrected chi connectivity index (χ1v) is 4.13. The highest BCUT2D eigenvalue weighted by molar-refractivity contribution is 5.39. The Morgan fingerprint density at radius 1 is 1.50 bits per heavy atom. The summed E-state index contributed by atoms with van der Waals surface area (Å²) in [4.78, 5) is 9.80. The Bertz CT molecular complexity index is 392. The minimum Gasteiger partial charge on any atom is -0.258 e. The van der Waals surface area contributed by atoms with Crippen LogP contribution in [0, 0.1) is 10.1 Å². The van der Waals surface area contributed by atoms with Gasteiger partial charge in [0.1, 0.15) is 0 Å². The van der Waals surface area contributed by atoms with Crippen LogP contribution in [0.1, 0.15) is 17.9 Å². The van der Waals surface area contributed by atoms with E-state index in [1.54, 1.807) is 0 Å². The molecule has 0 amide bonds. The van der Waals surface area contributed by atoms with Crippen molar-refractivity contribution < 1.29 is 13.7 Å². The highest BCUT2D eigenvalue weighted by Gasteiger charge is 2.57. The molecule has 1 saturated carbocycles. The number of alkyl halides is 2. The van der Waals surface area contributed by atoms with E-state index in [4.69, 9.17) is 0 Å². The number of hydrogen-bond acceptors (Lipinski definition) is 2. The fraction of sp³-hybridized carbons (Fsp3) is 0.333. The van der Waals surface area contributed by atoms with E-state index in [1.165, 1.54) is 24.3 Å². The minimum atomic E-state index is -2.67. The standard InChI is InChI=1S/C9H7F2NO2/c10-9(11)5-8(9)6-2-1-3-7(4-6)12(13)14/h1-4,8H,5H2. The lowest BCUT2D eigenvalue weighted by Gasteiger charge is -1.98. The van der Waals surface area contributed by atoms with E-state index in [0.29, 0.717) is 5.56 Å². The summed E-state index contributed by atoms with van der Waals surface area (Å²) < 4.78 is 25.3. The molecule has 0 saturated heterocycles. The molecule has 0 spiro atoms. The molecule has 0 aromatic heterocycles. The molecule has 0 radical (unpaired) electrons. The predicted molar refractivity (Wildman–Crippen MR) is 45.4 cm³/mol. The van der Waals surface area contributed by atoms with Gasteiger partial charge in [-0.1, -0.05) is 12.1 Å². The fourth-order valence-corrected chi connectivity index (χ4v) is 1.43. The second kappa shape index (κ2) is 2.73. The largest absolute Gasteiger partial charge is 0.269 e. The monoisotopic (exact) mass is 199 g/mol. The van der Waals surface area contributed by atoms with E-state index in [9.17, 15) is 18.9 Å². The minimum absolute atomic E-state index is 0.134. The van der Waals surface area contributed by atoms with E-state index >= 15 is 0 Å². The molecular formula is C9H7F2NO2. The van der Waals surface area contributed by atoms with Crippen molar-refractivity contribution in [1.82, 2.24) is 0 Å². The second-order valence-corrected chi connectivity index (χ2v) is 3.37. The quantitative estimate of drug-likeness (QED) is 0.542. The fourth-order valence-electron chi connectivity index (χ4n) is 1.43. The van der Waals surface area contributed by atoms with E-state index in [-0.39, 0.29) is 12.1 Å². The van der Waals surface area contributed by atoms with Crippen molar-refractivity contribution in [2.75, 3.05) is 0 Å². The van der Waals surface area contributed by atoms with Crippen LogP contribution in [0.2, 0.25) is 0 Å². The van der Waals surface area contributed by atoms with Gasteiger partial charge in [0.05, 0.1) is 10.8 Å². The summed E-state index contributed by atoms with van der Waals surface area (Å²) in [6.07, 6.45) is -0.200. The van der Waals surface area contributed by atoms with Crippen LogP contribution in [-0.2, 0) is 0 Å². The van der Waals surface area contributed by atoms with Gasteiger partial charge in [-0.2, -0.15) is 0 Å². The van der Waals surface area contributed by atoms with Crippen molar-refractivity contribution in [2.24, 2.45) is 0 Å². The molecule has 3 nitrogen and oxygen atoms in total. The number of halogens is 2. The van der Waals surface area contributed by atoms with Gasteiger partial charge < -0.3 is 0 Å². The van der Waals surface area contributed by atoms with Crippen LogP contribution in [0.25, 0.3) is 0 Å². The Hall–Kier alpha value is -1.52. The number of non-ortho nitro benzene ring substituents is 1. The molecule has 0 aliphatic heterocycles. The molecule has 0 N–H and O–H groups in total. The van der Waals surface area contributed by atoms with Crippen LogP contribution in [-0.4, -0.2) is 10.8 Å². The van der Waals surface area contributed by atoms with Gasteiger partial charge in [-0.25, -0.2) is 8.78 Å². The molecule has 1 atom stereocenters. The van der Waals surface area contributed by atoms with Crippen LogP contribution in [0.5, 0.6) is 0 Å². The maximum atomic E-state index is 12.6. The first-order valence-electron chi connectivity index (χ1n) is 4.13. The molecule has 0 heterocycles. The number of benzene rings is 1. The van der Waals surface area contributed by atoms with Crippen LogP contribution >= 0.6 is 0 Å². The van der Waals surface area contributed by atoms with Crippen LogP contribution in [0.4, 0.5) is 14.5 Å². The molecule has 1 aliphatic carbocycles. The molecule has 1 fully saturated rings. The van der Waals surface area contributed by atoms with Crippen LogP contribution in [0.15, 0.2) is 24.3 Å². The summed E-state index contributed by atoms with van der Waals surface area (Å²) >= 11 is 0.